The van der Waals surface area contributed by atoms with Crippen LogP contribution in [0.5, 0.6) is 0 Å². The van der Waals surface area contributed by atoms with E-state index in [1.165, 1.54) is 7.05 Å². The van der Waals surface area contributed by atoms with Crippen molar-refractivity contribution in [2.24, 2.45) is 0 Å². The Hall–Kier alpha value is -1.86. The molecule has 0 bridgehead atoms. The Balaban J connectivity index is 2.19. The maximum atomic E-state index is 12.0. The molecule has 0 radical (unpaired) electrons. The molecule has 1 aromatic heterocycles. The standard InChI is InChI=1S/C14H20N4O2S/c1-3-10-18-12(8-9-17-18)11-16-13-6-4-5-7-14(13)21(19,20)15-2/h4-9,15-16H,3,10-11H2,1-2H3. The van der Waals surface area contributed by atoms with Crippen LogP contribution < -0.4 is 10.0 Å². The number of benzene rings is 1. The smallest absolute Gasteiger partial charge is 0.242 e. The second-order valence-electron chi connectivity index (χ2n) is 4.60. The zero-order valence-electron chi connectivity index (χ0n) is 12.2. The lowest BCUT2D eigenvalue weighted by Gasteiger charge is -2.12. The van der Waals surface area contributed by atoms with E-state index in [-0.39, 0.29) is 4.90 Å². The average Bonchev–Trinajstić information content (AvgIpc) is 2.93. The van der Waals surface area contributed by atoms with E-state index in [0.29, 0.717) is 12.2 Å². The van der Waals surface area contributed by atoms with Crippen molar-refractivity contribution < 1.29 is 8.42 Å². The number of nitrogens with one attached hydrogen (secondary N) is 2. The highest BCUT2D eigenvalue weighted by atomic mass is 32.2. The lowest BCUT2D eigenvalue weighted by atomic mass is 10.3. The number of anilines is 1. The Labute approximate surface area is 125 Å². The van der Waals surface area contributed by atoms with Crippen molar-refractivity contribution in [1.29, 1.82) is 0 Å². The molecule has 2 N–H and O–H groups in total. The molecular weight excluding hydrogens is 288 g/mol. The van der Waals surface area contributed by atoms with E-state index in [1.807, 2.05) is 10.7 Å². The van der Waals surface area contributed by atoms with Crippen molar-refractivity contribution in [2.45, 2.75) is 31.3 Å². The number of para-hydroxylation sites is 1. The number of aromatic nitrogens is 2. The van der Waals surface area contributed by atoms with Crippen LogP contribution in [0.25, 0.3) is 0 Å². The first-order chi connectivity index (χ1) is 10.1. The summed E-state index contributed by atoms with van der Waals surface area (Å²) in [6.07, 6.45) is 2.75. The summed E-state index contributed by atoms with van der Waals surface area (Å²) in [7, 11) is -2.07. The Morgan fingerprint density at radius 1 is 1.24 bits per heavy atom. The van der Waals surface area contributed by atoms with Gasteiger partial charge in [-0.25, -0.2) is 13.1 Å². The molecule has 0 aliphatic heterocycles. The SMILES string of the molecule is CCCn1nccc1CNc1ccccc1S(=O)(=O)NC. The van der Waals surface area contributed by atoms with Crippen molar-refractivity contribution in [3.05, 3.63) is 42.2 Å². The van der Waals surface area contributed by atoms with Crippen LogP contribution in [0, 0.1) is 0 Å². The summed E-state index contributed by atoms with van der Waals surface area (Å²) in [6.45, 7) is 3.46. The highest BCUT2D eigenvalue weighted by molar-refractivity contribution is 7.89. The number of hydrogen-bond donors (Lipinski definition) is 2. The molecule has 0 amide bonds. The van der Waals surface area contributed by atoms with Gasteiger partial charge in [0.05, 0.1) is 17.9 Å². The van der Waals surface area contributed by atoms with Gasteiger partial charge in [0, 0.05) is 12.7 Å². The van der Waals surface area contributed by atoms with Crippen LogP contribution in [0.2, 0.25) is 0 Å². The average molecular weight is 308 g/mol. The van der Waals surface area contributed by atoms with E-state index in [1.54, 1.807) is 30.5 Å². The molecule has 0 fully saturated rings. The van der Waals surface area contributed by atoms with Crippen molar-refractivity contribution >= 4 is 15.7 Å². The van der Waals surface area contributed by atoms with Crippen LogP contribution in [0.4, 0.5) is 5.69 Å². The number of hydrogen-bond acceptors (Lipinski definition) is 4. The zero-order valence-corrected chi connectivity index (χ0v) is 13.0. The molecule has 2 rings (SSSR count). The summed E-state index contributed by atoms with van der Waals surface area (Å²) in [6, 6.07) is 8.77. The molecule has 114 valence electrons. The second-order valence-corrected chi connectivity index (χ2v) is 6.46. The van der Waals surface area contributed by atoms with Gasteiger partial charge in [-0.2, -0.15) is 5.10 Å². The first-order valence-corrected chi connectivity index (χ1v) is 8.34. The third-order valence-electron chi connectivity index (χ3n) is 3.15. The van der Waals surface area contributed by atoms with Gasteiger partial charge in [0.15, 0.2) is 0 Å². The molecule has 0 spiro atoms. The van der Waals surface area contributed by atoms with Crippen LogP contribution >= 0.6 is 0 Å². The van der Waals surface area contributed by atoms with E-state index < -0.39 is 10.0 Å². The predicted molar refractivity (Wildman–Crippen MR) is 82.5 cm³/mol. The van der Waals surface area contributed by atoms with Crippen LogP contribution in [-0.2, 0) is 23.1 Å². The molecular formula is C14H20N4O2S. The lowest BCUT2D eigenvalue weighted by molar-refractivity contribution is 0.578. The van der Waals surface area contributed by atoms with Gasteiger partial charge in [0.2, 0.25) is 10.0 Å². The van der Waals surface area contributed by atoms with Gasteiger partial charge in [-0.15, -0.1) is 0 Å². The first kappa shape index (κ1) is 15.5. The summed E-state index contributed by atoms with van der Waals surface area (Å²) in [5, 5.41) is 7.43. The fourth-order valence-corrected chi connectivity index (χ4v) is 2.97. The molecule has 0 atom stereocenters. The quantitative estimate of drug-likeness (QED) is 0.818. The van der Waals surface area contributed by atoms with Gasteiger partial charge >= 0.3 is 0 Å². The Bertz CT molecular complexity index is 695. The Kier molecular flexibility index (Phi) is 4.98. The summed E-state index contributed by atoms with van der Waals surface area (Å²) in [4.78, 5) is 0.244. The van der Waals surface area contributed by atoms with Gasteiger partial charge < -0.3 is 5.32 Å². The molecule has 1 heterocycles. The third-order valence-corrected chi connectivity index (χ3v) is 4.62. The fourth-order valence-electron chi connectivity index (χ4n) is 2.07. The largest absolute Gasteiger partial charge is 0.378 e. The highest BCUT2D eigenvalue weighted by Crippen LogP contribution is 2.21. The van der Waals surface area contributed by atoms with Gasteiger partial charge in [0.25, 0.3) is 0 Å². The summed E-state index contributed by atoms with van der Waals surface area (Å²) >= 11 is 0. The molecule has 0 aliphatic carbocycles. The normalized spacial score (nSPS) is 11.5. The molecule has 2 aromatic rings. The van der Waals surface area contributed by atoms with Crippen LogP contribution in [0.3, 0.4) is 0 Å². The Morgan fingerprint density at radius 3 is 2.71 bits per heavy atom. The maximum absolute atomic E-state index is 12.0. The van der Waals surface area contributed by atoms with Crippen molar-refractivity contribution in [1.82, 2.24) is 14.5 Å². The van der Waals surface area contributed by atoms with E-state index in [4.69, 9.17) is 0 Å². The van der Waals surface area contributed by atoms with E-state index in [0.717, 1.165) is 18.7 Å². The molecule has 0 saturated heterocycles. The minimum Gasteiger partial charge on any atom is -0.378 e. The van der Waals surface area contributed by atoms with Gasteiger partial charge in [-0.3, -0.25) is 4.68 Å². The number of sulfonamides is 1. The summed E-state index contributed by atoms with van der Waals surface area (Å²) in [5.74, 6) is 0. The minimum absolute atomic E-state index is 0.244. The van der Waals surface area contributed by atoms with Gasteiger partial charge in [-0.1, -0.05) is 19.1 Å². The van der Waals surface area contributed by atoms with Gasteiger partial charge in [-0.05, 0) is 31.7 Å². The van der Waals surface area contributed by atoms with Crippen LogP contribution in [0.1, 0.15) is 19.0 Å². The molecule has 0 unspecified atom stereocenters. The maximum Gasteiger partial charge on any atom is 0.242 e. The highest BCUT2D eigenvalue weighted by Gasteiger charge is 2.15. The van der Waals surface area contributed by atoms with E-state index in [9.17, 15) is 8.42 Å². The van der Waals surface area contributed by atoms with Crippen molar-refractivity contribution in [3.63, 3.8) is 0 Å². The fraction of sp³-hybridized carbons (Fsp3) is 0.357. The molecule has 1 aromatic carbocycles. The molecule has 7 heteroatoms. The summed E-state index contributed by atoms with van der Waals surface area (Å²) < 4.78 is 28.2. The minimum atomic E-state index is -3.48. The van der Waals surface area contributed by atoms with E-state index in [2.05, 4.69) is 22.1 Å². The monoisotopic (exact) mass is 308 g/mol. The third kappa shape index (κ3) is 3.62. The lowest BCUT2D eigenvalue weighted by Crippen LogP contribution is -2.20. The summed E-state index contributed by atoms with van der Waals surface area (Å²) in [5.41, 5.74) is 1.60. The van der Waals surface area contributed by atoms with Crippen LogP contribution in [0.15, 0.2) is 41.4 Å². The molecule has 21 heavy (non-hydrogen) atoms. The van der Waals surface area contributed by atoms with Gasteiger partial charge in [0.1, 0.15) is 4.90 Å². The van der Waals surface area contributed by atoms with Crippen LogP contribution in [-0.4, -0.2) is 25.2 Å². The molecule has 0 aliphatic rings. The number of nitrogens with zero attached hydrogens (tertiary/aromatic N) is 2. The number of aryl methyl sites for hydroxylation is 1. The molecule has 6 nitrogen and oxygen atoms in total. The topological polar surface area (TPSA) is 76.0 Å². The zero-order chi connectivity index (χ0) is 15.3. The Morgan fingerprint density at radius 2 is 2.00 bits per heavy atom. The predicted octanol–water partition coefficient (Wildman–Crippen LogP) is 1.81. The number of rotatable bonds is 7. The second kappa shape index (κ2) is 6.73. The first-order valence-electron chi connectivity index (χ1n) is 6.85. The van der Waals surface area contributed by atoms with E-state index >= 15 is 0 Å². The van der Waals surface area contributed by atoms with Crippen molar-refractivity contribution in [3.8, 4) is 0 Å². The molecule has 0 saturated carbocycles. The van der Waals surface area contributed by atoms with Crippen molar-refractivity contribution in [2.75, 3.05) is 12.4 Å².